The molecule has 0 saturated carbocycles. The average Bonchev–Trinajstić information content (AvgIpc) is 3.06. The number of rotatable bonds is 4. The molecule has 3 rings (SSSR count). The first-order valence-corrected chi connectivity index (χ1v) is 7.94. The topological polar surface area (TPSA) is 46.4 Å². The van der Waals surface area contributed by atoms with Crippen LogP contribution in [0, 0.1) is 12.7 Å². The average molecular weight is 317 g/mol. The molecule has 2 heterocycles. The van der Waals surface area contributed by atoms with Crippen LogP contribution in [0.1, 0.15) is 28.7 Å². The molecule has 1 amide bonds. The zero-order chi connectivity index (χ0) is 15.7. The molecule has 22 heavy (non-hydrogen) atoms. The number of aromatic nitrogens is 2. The summed E-state index contributed by atoms with van der Waals surface area (Å²) >= 11 is 1.37. The largest absolute Gasteiger partial charge is 0.351 e. The van der Waals surface area contributed by atoms with Gasteiger partial charge in [0.15, 0.2) is 4.96 Å². The molecule has 0 aliphatic rings. The van der Waals surface area contributed by atoms with E-state index in [1.807, 2.05) is 24.4 Å². The number of nitrogens with zero attached hydrogens (tertiary/aromatic N) is 2. The molecule has 0 atom stereocenters. The molecule has 0 radical (unpaired) electrons. The highest BCUT2D eigenvalue weighted by molar-refractivity contribution is 7.19. The number of halogens is 1. The van der Waals surface area contributed by atoms with Crippen LogP contribution in [-0.4, -0.2) is 21.8 Å². The Balaban J connectivity index is 1.95. The Morgan fingerprint density at radius 3 is 2.73 bits per heavy atom. The normalized spacial score (nSPS) is 11.0. The van der Waals surface area contributed by atoms with Crippen molar-refractivity contribution in [3.05, 3.63) is 46.9 Å². The van der Waals surface area contributed by atoms with Gasteiger partial charge in [0.2, 0.25) is 0 Å². The van der Waals surface area contributed by atoms with E-state index in [2.05, 4.69) is 10.3 Å². The number of carbonyl (C=O) groups excluding carboxylic acids is 1. The molecule has 3 aromatic rings. The van der Waals surface area contributed by atoms with E-state index in [-0.39, 0.29) is 11.7 Å². The van der Waals surface area contributed by atoms with Crippen molar-refractivity contribution in [3.8, 4) is 11.3 Å². The number of benzene rings is 1. The lowest BCUT2D eigenvalue weighted by molar-refractivity contribution is 0.0957. The van der Waals surface area contributed by atoms with Crippen molar-refractivity contribution in [2.24, 2.45) is 0 Å². The molecule has 6 heteroatoms. The number of hydrogen-bond acceptors (Lipinski definition) is 3. The van der Waals surface area contributed by atoms with E-state index in [0.29, 0.717) is 11.4 Å². The van der Waals surface area contributed by atoms with Crippen LogP contribution >= 0.6 is 11.3 Å². The van der Waals surface area contributed by atoms with Gasteiger partial charge in [0.25, 0.3) is 5.91 Å². The number of aryl methyl sites for hydroxylation is 1. The standard InChI is InChI=1S/C16H16FN3OS/c1-3-8-18-15(21)14-10(2)20-9-13(19-16(20)22-14)11-4-6-12(17)7-5-11/h4-7,9H,3,8H2,1-2H3,(H,18,21). The van der Waals surface area contributed by atoms with Gasteiger partial charge in [-0.15, -0.1) is 0 Å². The second kappa shape index (κ2) is 5.88. The van der Waals surface area contributed by atoms with Crippen molar-refractivity contribution in [3.63, 3.8) is 0 Å². The molecule has 4 nitrogen and oxygen atoms in total. The summed E-state index contributed by atoms with van der Waals surface area (Å²) in [6, 6.07) is 6.23. The lowest BCUT2D eigenvalue weighted by Crippen LogP contribution is -2.23. The number of fused-ring (bicyclic) bond motifs is 1. The summed E-state index contributed by atoms with van der Waals surface area (Å²) in [5.74, 6) is -0.325. The van der Waals surface area contributed by atoms with Crippen LogP contribution in [0.15, 0.2) is 30.5 Å². The van der Waals surface area contributed by atoms with E-state index in [1.165, 1.54) is 23.5 Å². The molecule has 0 fully saturated rings. The Morgan fingerprint density at radius 2 is 2.09 bits per heavy atom. The predicted octanol–water partition coefficient (Wildman–Crippen LogP) is 3.65. The molecule has 0 saturated heterocycles. The van der Waals surface area contributed by atoms with Gasteiger partial charge in [-0.3, -0.25) is 9.20 Å². The summed E-state index contributed by atoms with van der Waals surface area (Å²) in [5.41, 5.74) is 2.50. The summed E-state index contributed by atoms with van der Waals surface area (Å²) in [5, 5.41) is 2.88. The molecule has 0 aliphatic heterocycles. The molecule has 0 bridgehead atoms. The van der Waals surface area contributed by atoms with Gasteiger partial charge in [-0.1, -0.05) is 18.3 Å². The summed E-state index contributed by atoms with van der Waals surface area (Å²) in [7, 11) is 0. The van der Waals surface area contributed by atoms with Gasteiger partial charge in [-0.05, 0) is 37.6 Å². The minimum Gasteiger partial charge on any atom is -0.351 e. The third-order valence-electron chi connectivity index (χ3n) is 3.44. The van der Waals surface area contributed by atoms with Crippen molar-refractivity contribution < 1.29 is 9.18 Å². The van der Waals surface area contributed by atoms with E-state index in [0.717, 1.165) is 28.3 Å². The van der Waals surface area contributed by atoms with Crippen LogP contribution in [0.4, 0.5) is 4.39 Å². The van der Waals surface area contributed by atoms with Gasteiger partial charge in [0, 0.05) is 24.0 Å². The summed E-state index contributed by atoms with van der Waals surface area (Å²) in [6.45, 7) is 4.59. The lowest BCUT2D eigenvalue weighted by atomic mass is 10.2. The minimum atomic E-state index is -0.268. The van der Waals surface area contributed by atoms with Crippen molar-refractivity contribution in [1.82, 2.24) is 14.7 Å². The fourth-order valence-electron chi connectivity index (χ4n) is 2.24. The minimum absolute atomic E-state index is 0.0572. The van der Waals surface area contributed by atoms with E-state index < -0.39 is 0 Å². The monoisotopic (exact) mass is 317 g/mol. The molecule has 2 aromatic heterocycles. The number of nitrogens with one attached hydrogen (secondary N) is 1. The van der Waals surface area contributed by atoms with Crippen molar-refractivity contribution in [2.75, 3.05) is 6.54 Å². The van der Waals surface area contributed by atoms with E-state index in [9.17, 15) is 9.18 Å². The van der Waals surface area contributed by atoms with Crippen LogP contribution in [0.25, 0.3) is 16.2 Å². The molecular formula is C16H16FN3OS. The van der Waals surface area contributed by atoms with Crippen LogP contribution in [0.2, 0.25) is 0 Å². The SMILES string of the molecule is CCCNC(=O)c1sc2nc(-c3ccc(F)cc3)cn2c1C. The van der Waals surface area contributed by atoms with Gasteiger partial charge in [0.05, 0.1) is 5.69 Å². The Labute approximate surface area is 131 Å². The Bertz CT molecular complexity index is 820. The molecule has 0 unspecified atom stereocenters. The first-order valence-electron chi connectivity index (χ1n) is 7.12. The number of imidazole rings is 1. The van der Waals surface area contributed by atoms with Crippen molar-refractivity contribution >= 4 is 22.2 Å². The molecule has 0 spiro atoms. The van der Waals surface area contributed by atoms with E-state index in [4.69, 9.17) is 0 Å². The van der Waals surface area contributed by atoms with Crippen molar-refractivity contribution in [1.29, 1.82) is 0 Å². The lowest BCUT2D eigenvalue weighted by Gasteiger charge is -2.01. The highest BCUT2D eigenvalue weighted by Gasteiger charge is 2.17. The molecule has 0 aliphatic carbocycles. The first-order chi connectivity index (χ1) is 10.6. The van der Waals surface area contributed by atoms with E-state index >= 15 is 0 Å². The maximum Gasteiger partial charge on any atom is 0.263 e. The number of amides is 1. The van der Waals surface area contributed by atoms with Gasteiger partial charge in [-0.25, -0.2) is 9.37 Å². The Hall–Kier alpha value is -2.21. The van der Waals surface area contributed by atoms with Crippen LogP contribution in [-0.2, 0) is 0 Å². The number of carbonyl (C=O) groups is 1. The van der Waals surface area contributed by atoms with Gasteiger partial charge in [-0.2, -0.15) is 0 Å². The third kappa shape index (κ3) is 2.62. The Morgan fingerprint density at radius 1 is 1.36 bits per heavy atom. The highest BCUT2D eigenvalue weighted by Crippen LogP contribution is 2.27. The second-order valence-electron chi connectivity index (χ2n) is 5.06. The third-order valence-corrected chi connectivity index (χ3v) is 4.59. The Kier molecular flexibility index (Phi) is 3.94. The smallest absolute Gasteiger partial charge is 0.263 e. The van der Waals surface area contributed by atoms with Crippen molar-refractivity contribution in [2.45, 2.75) is 20.3 Å². The fraction of sp³-hybridized carbons (Fsp3) is 0.250. The fourth-order valence-corrected chi connectivity index (χ4v) is 3.26. The highest BCUT2D eigenvalue weighted by atomic mass is 32.1. The molecule has 1 aromatic carbocycles. The molecule has 1 N–H and O–H groups in total. The maximum atomic E-state index is 13.0. The van der Waals surface area contributed by atoms with Crippen LogP contribution < -0.4 is 5.32 Å². The predicted molar refractivity (Wildman–Crippen MR) is 85.8 cm³/mol. The summed E-state index contributed by atoms with van der Waals surface area (Å²) in [6.07, 6.45) is 2.78. The van der Waals surface area contributed by atoms with Gasteiger partial charge >= 0.3 is 0 Å². The first kappa shape index (κ1) is 14.7. The number of thiazole rings is 1. The van der Waals surface area contributed by atoms with Crippen LogP contribution in [0.3, 0.4) is 0 Å². The zero-order valence-electron chi connectivity index (χ0n) is 12.4. The van der Waals surface area contributed by atoms with E-state index in [1.54, 1.807) is 12.1 Å². The quantitative estimate of drug-likeness (QED) is 0.798. The summed E-state index contributed by atoms with van der Waals surface area (Å²) < 4.78 is 14.9. The second-order valence-corrected chi connectivity index (χ2v) is 6.04. The maximum absolute atomic E-state index is 13.0. The zero-order valence-corrected chi connectivity index (χ0v) is 13.2. The number of hydrogen-bond donors (Lipinski definition) is 1. The summed E-state index contributed by atoms with van der Waals surface area (Å²) in [4.78, 5) is 18.1. The molecular weight excluding hydrogens is 301 g/mol. The molecule has 114 valence electrons. The van der Waals surface area contributed by atoms with Gasteiger partial charge < -0.3 is 5.32 Å². The van der Waals surface area contributed by atoms with Crippen LogP contribution in [0.5, 0.6) is 0 Å². The van der Waals surface area contributed by atoms with Gasteiger partial charge in [0.1, 0.15) is 10.7 Å².